The molecule has 0 radical (unpaired) electrons. The molecule has 0 unspecified atom stereocenters. The van der Waals surface area contributed by atoms with Gasteiger partial charge in [-0.15, -0.1) is 0 Å². The second kappa shape index (κ2) is 10.3. The van der Waals surface area contributed by atoms with Gasteiger partial charge in [-0.25, -0.2) is 0 Å². The fourth-order valence-electron chi connectivity index (χ4n) is 5.20. The van der Waals surface area contributed by atoms with E-state index < -0.39 is 0 Å². The quantitative estimate of drug-likeness (QED) is 0.393. The van der Waals surface area contributed by atoms with Gasteiger partial charge in [0.15, 0.2) is 0 Å². The van der Waals surface area contributed by atoms with Crippen molar-refractivity contribution >= 4 is 29.5 Å². The zero-order valence-corrected chi connectivity index (χ0v) is 21.9. The monoisotopic (exact) mass is 479 g/mol. The van der Waals surface area contributed by atoms with E-state index in [9.17, 15) is 4.79 Å². The minimum Gasteiger partial charge on any atom is -0.492 e. The molecule has 3 nitrogen and oxygen atoms in total. The number of nitrogens with zero attached hydrogens (tertiary/aromatic N) is 1. The molecule has 182 valence electrons. The van der Waals surface area contributed by atoms with Crippen molar-refractivity contribution in [2.45, 2.75) is 65.2 Å². The summed E-state index contributed by atoms with van der Waals surface area (Å²) >= 11 is 6.39. The van der Waals surface area contributed by atoms with E-state index in [1.807, 2.05) is 6.07 Å². The van der Waals surface area contributed by atoms with Crippen molar-refractivity contribution in [2.24, 2.45) is 5.41 Å². The molecular weight excluding hydrogens is 442 g/mol. The summed E-state index contributed by atoms with van der Waals surface area (Å²) in [4.78, 5) is 14.7. The highest BCUT2D eigenvalue weighted by Gasteiger charge is 2.42. The number of likely N-dealkylation sites (tertiary alicyclic amines) is 1. The SMILES string of the molecule is CCc1ccc(Cl)c(/C=C/c2ccc3c(c2)OCC32CCN(CCC(=O)CC(C)(C)C)CC2)c1. The minimum atomic E-state index is 0.0772. The summed E-state index contributed by atoms with van der Waals surface area (Å²) in [6.45, 7) is 12.2. The normalized spacial score (nSPS) is 17.8. The van der Waals surface area contributed by atoms with Crippen molar-refractivity contribution in [1.29, 1.82) is 0 Å². The first-order valence-corrected chi connectivity index (χ1v) is 13.0. The first-order valence-electron chi connectivity index (χ1n) is 12.7. The van der Waals surface area contributed by atoms with Crippen LogP contribution in [0.25, 0.3) is 12.2 Å². The molecule has 34 heavy (non-hydrogen) atoms. The summed E-state index contributed by atoms with van der Waals surface area (Å²) in [6, 6.07) is 12.8. The van der Waals surface area contributed by atoms with Crippen LogP contribution in [0.3, 0.4) is 0 Å². The van der Waals surface area contributed by atoms with Crippen molar-refractivity contribution in [3.05, 3.63) is 63.7 Å². The molecular formula is C30H38ClNO2. The Morgan fingerprint density at radius 3 is 2.59 bits per heavy atom. The third kappa shape index (κ3) is 5.93. The molecule has 4 heteroatoms. The predicted octanol–water partition coefficient (Wildman–Crippen LogP) is 7.19. The summed E-state index contributed by atoms with van der Waals surface area (Å²) in [5.41, 5.74) is 5.00. The average Bonchev–Trinajstić information content (AvgIpc) is 3.14. The van der Waals surface area contributed by atoms with Gasteiger partial charge in [0.1, 0.15) is 11.5 Å². The molecule has 1 fully saturated rings. The number of aryl methyl sites for hydroxylation is 1. The number of carbonyl (C=O) groups is 1. The maximum atomic E-state index is 12.3. The van der Waals surface area contributed by atoms with Crippen LogP contribution in [0.2, 0.25) is 5.02 Å². The topological polar surface area (TPSA) is 29.5 Å². The van der Waals surface area contributed by atoms with E-state index in [1.165, 1.54) is 11.1 Å². The van der Waals surface area contributed by atoms with Crippen LogP contribution in [0.1, 0.15) is 75.6 Å². The maximum absolute atomic E-state index is 12.3. The second-order valence-electron chi connectivity index (χ2n) is 11.2. The Morgan fingerprint density at radius 1 is 1.12 bits per heavy atom. The lowest BCUT2D eigenvalue weighted by atomic mass is 9.74. The summed E-state index contributed by atoms with van der Waals surface area (Å²) < 4.78 is 6.20. The van der Waals surface area contributed by atoms with Gasteiger partial charge in [-0.1, -0.05) is 75.7 Å². The Bertz CT molecular complexity index is 1060. The maximum Gasteiger partial charge on any atom is 0.134 e. The van der Waals surface area contributed by atoms with E-state index in [2.05, 4.69) is 75.1 Å². The third-order valence-corrected chi connectivity index (χ3v) is 7.60. The molecule has 2 aliphatic rings. The molecule has 2 aliphatic heterocycles. The van der Waals surface area contributed by atoms with Crippen molar-refractivity contribution in [1.82, 2.24) is 4.90 Å². The van der Waals surface area contributed by atoms with E-state index in [4.69, 9.17) is 16.3 Å². The molecule has 0 amide bonds. The average molecular weight is 480 g/mol. The van der Waals surface area contributed by atoms with Gasteiger partial charge in [-0.2, -0.15) is 0 Å². The fourth-order valence-corrected chi connectivity index (χ4v) is 5.38. The van der Waals surface area contributed by atoms with Crippen LogP contribution in [0.5, 0.6) is 5.75 Å². The fraction of sp³-hybridized carbons (Fsp3) is 0.500. The van der Waals surface area contributed by atoms with E-state index in [-0.39, 0.29) is 10.8 Å². The first kappa shape index (κ1) is 25.0. The number of ketones is 1. The molecule has 0 bridgehead atoms. The second-order valence-corrected chi connectivity index (χ2v) is 11.6. The lowest BCUT2D eigenvalue weighted by Crippen LogP contribution is -2.44. The van der Waals surface area contributed by atoms with Gasteiger partial charge in [0.2, 0.25) is 0 Å². The lowest BCUT2D eigenvalue weighted by Gasteiger charge is -2.38. The highest BCUT2D eigenvalue weighted by atomic mass is 35.5. The smallest absolute Gasteiger partial charge is 0.134 e. The lowest BCUT2D eigenvalue weighted by molar-refractivity contribution is -0.121. The number of benzene rings is 2. The Hall–Kier alpha value is -2.10. The zero-order valence-electron chi connectivity index (χ0n) is 21.1. The summed E-state index contributed by atoms with van der Waals surface area (Å²) in [6.07, 6.45) is 8.71. The predicted molar refractivity (Wildman–Crippen MR) is 143 cm³/mol. The number of hydrogen-bond acceptors (Lipinski definition) is 3. The number of Topliss-reactive ketones (excluding diaryl/α,β-unsaturated/α-hetero) is 1. The molecule has 0 aromatic heterocycles. The number of rotatable bonds is 7. The minimum absolute atomic E-state index is 0.0772. The Labute approximate surface area is 210 Å². The number of hydrogen-bond donors (Lipinski definition) is 0. The standard InChI is InChI=1S/C30H38ClNO2/c1-5-22-8-11-27(31)24(18-22)9-6-23-7-10-26-28(19-23)34-21-30(26)13-16-32(17-14-30)15-12-25(33)20-29(2,3)4/h6-11,18-19H,5,12-17,20-21H2,1-4H3/b9-6+. The van der Waals surface area contributed by atoms with Crippen LogP contribution in [-0.4, -0.2) is 36.9 Å². The van der Waals surface area contributed by atoms with Crippen LogP contribution in [0.15, 0.2) is 36.4 Å². The highest BCUT2D eigenvalue weighted by molar-refractivity contribution is 6.32. The molecule has 2 aromatic rings. The molecule has 0 aliphatic carbocycles. The number of fused-ring (bicyclic) bond motifs is 2. The van der Waals surface area contributed by atoms with Crippen molar-refractivity contribution in [2.75, 3.05) is 26.2 Å². The van der Waals surface area contributed by atoms with Gasteiger partial charge in [-0.3, -0.25) is 4.79 Å². The molecule has 4 rings (SSSR count). The van der Waals surface area contributed by atoms with E-state index >= 15 is 0 Å². The molecule has 0 atom stereocenters. The van der Waals surface area contributed by atoms with Crippen LogP contribution < -0.4 is 4.74 Å². The van der Waals surface area contributed by atoms with Crippen LogP contribution in [0, 0.1) is 5.41 Å². The van der Waals surface area contributed by atoms with E-state index in [1.54, 1.807) is 0 Å². The van der Waals surface area contributed by atoms with Gasteiger partial charge in [0, 0.05) is 35.4 Å². The Balaban J connectivity index is 1.37. The zero-order chi connectivity index (χ0) is 24.3. The van der Waals surface area contributed by atoms with Gasteiger partial charge < -0.3 is 9.64 Å². The third-order valence-electron chi connectivity index (χ3n) is 7.25. The summed E-state index contributed by atoms with van der Waals surface area (Å²) in [5, 5.41) is 0.775. The Morgan fingerprint density at radius 2 is 1.88 bits per heavy atom. The Kier molecular flexibility index (Phi) is 7.54. The molecule has 1 spiro atoms. The van der Waals surface area contributed by atoms with Crippen molar-refractivity contribution in [3.8, 4) is 5.75 Å². The van der Waals surface area contributed by atoms with Gasteiger partial charge in [0.25, 0.3) is 0 Å². The first-order chi connectivity index (χ1) is 16.2. The highest BCUT2D eigenvalue weighted by Crippen LogP contribution is 2.46. The number of carbonyl (C=O) groups excluding carboxylic acids is 1. The summed E-state index contributed by atoms with van der Waals surface area (Å²) in [7, 11) is 0. The van der Waals surface area contributed by atoms with Gasteiger partial charge >= 0.3 is 0 Å². The van der Waals surface area contributed by atoms with E-state index in [0.717, 1.165) is 67.4 Å². The van der Waals surface area contributed by atoms with Crippen molar-refractivity contribution < 1.29 is 9.53 Å². The largest absolute Gasteiger partial charge is 0.492 e. The number of piperidine rings is 1. The summed E-state index contributed by atoms with van der Waals surface area (Å²) in [5.74, 6) is 1.40. The molecule has 2 heterocycles. The number of ether oxygens (including phenoxy) is 1. The molecule has 2 aromatic carbocycles. The van der Waals surface area contributed by atoms with Gasteiger partial charge in [0.05, 0.1) is 6.61 Å². The number of halogens is 1. The van der Waals surface area contributed by atoms with Crippen molar-refractivity contribution in [3.63, 3.8) is 0 Å². The molecule has 0 N–H and O–H groups in total. The van der Waals surface area contributed by atoms with Crippen LogP contribution in [-0.2, 0) is 16.6 Å². The van der Waals surface area contributed by atoms with Crippen LogP contribution >= 0.6 is 11.6 Å². The van der Waals surface area contributed by atoms with E-state index in [0.29, 0.717) is 18.6 Å². The molecule has 1 saturated heterocycles. The van der Waals surface area contributed by atoms with Gasteiger partial charge in [-0.05, 0) is 66.6 Å². The molecule has 0 saturated carbocycles. The van der Waals surface area contributed by atoms with Crippen LogP contribution in [0.4, 0.5) is 0 Å².